The van der Waals surface area contributed by atoms with Gasteiger partial charge < -0.3 is 34.0 Å². The van der Waals surface area contributed by atoms with E-state index in [0.717, 1.165) is 6.26 Å². The largest absolute Gasteiger partial charge is 0.507 e. The molecule has 4 aromatic rings. The van der Waals surface area contributed by atoms with Crippen molar-refractivity contribution in [1.82, 2.24) is 29.3 Å². The Hall–Kier alpha value is -4.86. The van der Waals surface area contributed by atoms with E-state index in [1.807, 2.05) is 0 Å². The lowest BCUT2D eigenvalue weighted by Gasteiger charge is -2.35. The molecule has 2 aliphatic rings. The van der Waals surface area contributed by atoms with E-state index in [0.29, 0.717) is 25.7 Å². The molecule has 4 heterocycles. The zero-order valence-corrected chi connectivity index (χ0v) is 23.1. The second kappa shape index (κ2) is 11.7. The van der Waals surface area contributed by atoms with E-state index < -0.39 is 23.9 Å². The number of aromatic nitrogens is 4. The van der Waals surface area contributed by atoms with Crippen LogP contribution in [0.15, 0.2) is 47.6 Å². The van der Waals surface area contributed by atoms with Gasteiger partial charge in [-0.15, -0.1) is 0 Å². The number of alkyl halides is 3. The number of carbonyl (C=O) groups is 2. The molecule has 1 aromatic carbocycles. The lowest BCUT2D eigenvalue weighted by molar-refractivity contribution is -0.142. The lowest BCUT2D eigenvalue weighted by atomic mass is 9.95. The number of phenolic OH excluding ortho intramolecular Hbond substituents is 1. The van der Waals surface area contributed by atoms with Crippen LogP contribution >= 0.6 is 0 Å². The second-order valence-electron chi connectivity index (χ2n) is 10.5. The zero-order chi connectivity index (χ0) is 31.0. The predicted molar refractivity (Wildman–Crippen MR) is 144 cm³/mol. The number of piperazine rings is 1. The number of halogens is 3. The highest BCUT2D eigenvalue weighted by Crippen LogP contribution is 2.37. The molecular weight excluding hydrogens is 589 g/mol. The quantitative estimate of drug-likeness (QED) is 0.335. The number of aliphatic hydroxyl groups is 1. The fraction of sp³-hybridized carbons (Fsp3) is 0.393. The number of hydrogen-bond acceptors (Lipinski definition) is 10. The van der Waals surface area contributed by atoms with Gasteiger partial charge in [0.2, 0.25) is 5.65 Å². The van der Waals surface area contributed by atoms with Gasteiger partial charge in [-0.1, -0.05) is 5.16 Å². The average Bonchev–Trinajstić information content (AvgIpc) is 3.66. The van der Waals surface area contributed by atoms with Crippen LogP contribution in [0.25, 0.3) is 16.9 Å². The molecule has 0 spiro atoms. The Kier molecular flexibility index (Phi) is 7.75. The maximum atomic E-state index is 13.4. The summed E-state index contributed by atoms with van der Waals surface area (Å²) in [5.41, 5.74) is -1.35. The van der Waals surface area contributed by atoms with Crippen LogP contribution in [-0.4, -0.2) is 89.9 Å². The molecule has 1 saturated heterocycles. The summed E-state index contributed by atoms with van der Waals surface area (Å²) in [6.07, 6.45) is 1.44. The van der Waals surface area contributed by atoms with Crippen molar-refractivity contribution in [3.8, 4) is 28.6 Å². The molecular formula is C28H27F3N6O7. The number of imidazole rings is 1. The standard InChI is InChI=1S/C28H27F3N6O7/c29-28(30,31)23-20(15-42-34-23)21-14-33-24-25(32-7-8-37(21)24)43-18-5-6-19(22(39)13-18)26(40)35-9-11-36(12-10-35)27(41)44-17-3-1-16(38)2-4-17/h5-8,13-17,38-39H,1-4,9-12H2. The molecule has 6 rings (SSSR count). The Bertz CT molecular complexity index is 1670. The number of rotatable bonds is 5. The summed E-state index contributed by atoms with van der Waals surface area (Å²) in [7, 11) is 0. The van der Waals surface area contributed by atoms with Crippen molar-refractivity contribution in [2.75, 3.05) is 26.2 Å². The summed E-state index contributed by atoms with van der Waals surface area (Å²) in [5, 5.41) is 23.4. The van der Waals surface area contributed by atoms with Crippen LogP contribution < -0.4 is 4.74 Å². The van der Waals surface area contributed by atoms with E-state index in [9.17, 15) is 33.0 Å². The third kappa shape index (κ3) is 5.84. The van der Waals surface area contributed by atoms with Gasteiger partial charge in [-0.2, -0.15) is 13.2 Å². The average molecular weight is 617 g/mol. The maximum Gasteiger partial charge on any atom is 0.437 e. The number of aromatic hydroxyl groups is 1. The topological polar surface area (TPSA) is 156 Å². The summed E-state index contributed by atoms with van der Waals surface area (Å²) in [6.45, 7) is 1.02. The summed E-state index contributed by atoms with van der Waals surface area (Å²) in [6, 6.07) is 4.05. The van der Waals surface area contributed by atoms with Crippen molar-refractivity contribution in [3.05, 3.63) is 54.3 Å². The Morgan fingerprint density at radius 2 is 1.75 bits per heavy atom. The molecule has 0 unspecified atom stereocenters. The first-order valence-corrected chi connectivity index (χ1v) is 13.9. The van der Waals surface area contributed by atoms with Gasteiger partial charge in [0, 0.05) is 44.6 Å². The van der Waals surface area contributed by atoms with Crippen LogP contribution in [0.3, 0.4) is 0 Å². The van der Waals surface area contributed by atoms with Crippen LogP contribution in [-0.2, 0) is 10.9 Å². The summed E-state index contributed by atoms with van der Waals surface area (Å²) in [4.78, 5) is 37.0. The van der Waals surface area contributed by atoms with E-state index in [2.05, 4.69) is 19.6 Å². The Morgan fingerprint density at radius 1 is 1.02 bits per heavy atom. The highest BCUT2D eigenvalue weighted by atomic mass is 19.4. The SMILES string of the molecule is O=C(OC1CCC(O)CC1)N1CCN(C(=O)c2ccc(Oc3nccn4c(-c5conc5C(F)(F)F)cnc34)cc2O)CC1. The van der Waals surface area contributed by atoms with Gasteiger partial charge in [0.15, 0.2) is 5.69 Å². The van der Waals surface area contributed by atoms with Crippen molar-refractivity contribution >= 4 is 17.6 Å². The molecule has 1 saturated carbocycles. The molecule has 16 heteroatoms. The van der Waals surface area contributed by atoms with Gasteiger partial charge in [-0.3, -0.25) is 9.20 Å². The Labute approximate surface area is 247 Å². The smallest absolute Gasteiger partial charge is 0.437 e. The van der Waals surface area contributed by atoms with E-state index in [-0.39, 0.29) is 78.2 Å². The molecule has 0 radical (unpaired) electrons. The van der Waals surface area contributed by atoms with Crippen molar-refractivity contribution in [1.29, 1.82) is 0 Å². The van der Waals surface area contributed by atoms with Crippen molar-refractivity contribution in [2.24, 2.45) is 0 Å². The molecule has 44 heavy (non-hydrogen) atoms. The number of fused-ring (bicyclic) bond motifs is 1. The van der Waals surface area contributed by atoms with Crippen molar-refractivity contribution in [2.45, 2.75) is 44.1 Å². The van der Waals surface area contributed by atoms with Crippen LogP contribution in [0, 0.1) is 0 Å². The molecule has 2 fully saturated rings. The number of amides is 2. The molecule has 1 aliphatic carbocycles. The third-order valence-corrected chi connectivity index (χ3v) is 7.66. The van der Waals surface area contributed by atoms with Gasteiger partial charge in [0.1, 0.15) is 23.9 Å². The highest BCUT2D eigenvalue weighted by molar-refractivity contribution is 5.97. The number of ether oxygens (including phenoxy) is 2. The number of nitrogens with zero attached hydrogens (tertiary/aromatic N) is 6. The van der Waals surface area contributed by atoms with E-state index >= 15 is 0 Å². The minimum absolute atomic E-state index is 0.0237. The first kappa shape index (κ1) is 29.2. The second-order valence-corrected chi connectivity index (χ2v) is 10.5. The molecule has 0 bridgehead atoms. The number of phenols is 1. The third-order valence-electron chi connectivity index (χ3n) is 7.66. The van der Waals surface area contributed by atoms with E-state index in [4.69, 9.17) is 9.47 Å². The predicted octanol–water partition coefficient (Wildman–Crippen LogP) is 4.10. The van der Waals surface area contributed by atoms with E-state index in [1.54, 1.807) is 0 Å². The van der Waals surface area contributed by atoms with Gasteiger partial charge >= 0.3 is 12.3 Å². The van der Waals surface area contributed by atoms with Gasteiger partial charge in [-0.05, 0) is 37.8 Å². The highest BCUT2D eigenvalue weighted by Gasteiger charge is 2.39. The minimum Gasteiger partial charge on any atom is -0.507 e. The van der Waals surface area contributed by atoms with E-state index in [1.165, 1.54) is 51.0 Å². The minimum atomic E-state index is -4.74. The van der Waals surface area contributed by atoms with Gasteiger partial charge in [-0.25, -0.2) is 14.8 Å². The molecule has 13 nitrogen and oxygen atoms in total. The molecule has 0 atom stereocenters. The van der Waals surface area contributed by atoms with Crippen LogP contribution in [0.5, 0.6) is 17.4 Å². The van der Waals surface area contributed by atoms with Crippen LogP contribution in [0.1, 0.15) is 41.7 Å². The van der Waals surface area contributed by atoms with Gasteiger partial charge in [0.05, 0.1) is 29.1 Å². The Morgan fingerprint density at radius 3 is 2.45 bits per heavy atom. The van der Waals surface area contributed by atoms with Crippen LogP contribution in [0.2, 0.25) is 0 Å². The van der Waals surface area contributed by atoms with Crippen molar-refractivity contribution in [3.63, 3.8) is 0 Å². The number of benzene rings is 1. The number of carbonyl (C=O) groups excluding carboxylic acids is 2. The first-order chi connectivity index (χ1) is 21.1. The zero-order valence-electron chi connectivity index (χ0n) is 23.1. The number of aliphatic hydroxyl groups excluding tert-OH is 1. The monoisotopic (exact) mass is 616 g/mol. The molecule has 1 aliphatic heterocycles. The molecule has 2 amide bonds. The summed E-state index contributed by atoms with van der Waals surface area (Å²) >= 11 is 0. The Balaban J connectivity index is 1.10. The fourth-order valence-corrected chi connectivity index (χ4v) is 5.30. The van der Waals surface area contributed by atoms with Crippen molar-refractivity contribution < 1.29 is 47.0 Å². The first-order valence-electron chi connectivity index (χ1n) is 13.9. The molecule has 2 N–H and O–H groups in total. The van der Waals surface area contributed by atoms with Crippen LogP contribution in [0.4, 0.5) is 18.0 Å². The number of hydrogen-bond donors (Lipinski definition) is 2. The normalized spacial score (nSPS) is 19.3. The molecule has 3 aromatic heterocycles. The summed E-state index contributed by atoms with van der Waals surface area (Å²) < 4.78 is 57.3. The van der Waals surface area contributed by atoms with Gasteiger partial charge in [0.25, 0.3) is 11.8 Å². The maximum absolute atomic E-state index is 13.4. The molecule has 232 valence electrons. The fourth-order valence-electron chi connectivity index (χ4n) is 5.30. The summed E-state index contributed by atoms with van der Waals surface area (Å²) in [5.74, 6) is -0.748. The lowest BCUT2D eigenvalue weighted by Crippen LogP contribution is -2.51.